The van der Waals surface area contributed by atoms with Gasteiger partial charge in [-0.3, -0.25) is 4.99 Å². The van der Waals surface area contributed by atoms with Crippen LogP contribution in [0.5, 0.6) is 0 Å². The molecule has 0 spiro atoms. The maximum absolute atomic E-state index is 5.02. The average molecular weight is 465 g/mol. The molecule has 1 N–H and O–H groups in total. The summed E-state index contributed by atoms with van der Waals surface area (Å²) in [5.74, 6) is 1.01. The summed E-state index contributed by atoms with van der Waals surface area (Å²) in [4.78, 5) is 21.0. The van der Waals surface area contributed by atoms with Crippen LogP contribution in [-0.4, -0.2) is 35.6 Å². The Morgan fingerprint density at radius 3 is 2.76 bits per heavy atom. The summed E-state index contributed by atoms with van der Waals surface area (Å²) in [5.41, 5.74) is 7.54. The Bertz CT molecular complexity index is 1060. The van der Waals surface area contributed by atoms with Crippen LogP contribution >= 0.6 is 11.3 Å². The molecule has 1 fully saturated rings. The second kappa shape index (κ2) is 11.9. The lowest BCUT2D eigenvalue weighted by Crippen LogP contribution is -2.24. The molecule has 6 nitrogen and oxygen atoms in total. The van der Waals surface area contributed by atoms with E-state index < -0.39 is 0 Å². The minimum absolute atomic E-state index is 0.758. The molecule has 3 rings (SSSR count). The highest BCUT2D eigenvalue weighted by molar-refractivity contribution is 7.13. The molecule has 0 bridgehead atoms. The van der Waals surface area contributed by atoms with Crippen molar-refractivity contribution >= 4 is 34.9 Å². The number of hydrogen-bond acceptors (Lipinski definition) is 6. The second-order valence-corrected chi connectivity index (χ2v) is 9.14. The predicted octanol–water partition coefficient (Wildman–Crippen LogP) is 6.88. The number of hydrogen-bond donors (Lipinski definition) is 1. The highest BCUT2D eigenvalue weighted by Gasteiger charge is 2.22. The SMILES string of the molecule is C=C(C)/N=C\Nc1ccc(-c2nc(N(CCCC)/C(C)=C3\CCC\C3=N\C)cs2)nc1CC. The average Bonchev–Trinajstić information content (AvgIpc) is 3.49. The zero-order valence-corrected chi connectivity index (χ0v) is 21.4. The molecular weight excluding hydrogens is 428 g/mol. The molecule has 1 saturated carbocycles. The molecular formula is C26H36N6S. The summed E-state index contributed by atoms with van der Waals surface area (Å²) in [6, 6.07) is 4.08. The van der Waals surface area contributed by atoms with Crippen molar-refractivity contribution in [2.24, 2.45) is 9.98 Å². The van der Waals surface area contributed by atoms with Crippen molar-refractivity contribution in [2.75, 3.05) is 23.8 Å². The van der Waals surface area contributed by atoms with Crippen LogP contribution in [0, 0.1) is 0 Å². The first-order valence-corrected chi connectivity index (χ1v) is 12.7. The quantitative estimate of drug-likeness (QED) is 0.307. The summed E-state index contributed by atoms with van der Waals surface area (Å²) >= 11 is 1.65. The van der Waals surface area contributed by atoms with Crippen molar-refractivity contribution in [1.82, 2.24) is 9.97 Å². The van der Waals surface area contributed by atoms with E-state index in [9.17, 15) is 0 Å². The van der Waals surface area contributed by atoms with Gasteiger partial charge in [-0.15, -0.1) is 11.3 Å². The first kappa shape index (κ1) is 24.8. The Morgan fingerprint density at radius 2 is 2.06 bits per heavy atom. The summed E-state index contributed by atoms with van der Waals surface area (Å²) in [7, 11) is 1.91. The molecule has 0 unspecified atom stereocenters. The summed E-state index contributed by atoms with van der Waals surface area (Å²) < 4.78 is 0. The Labute approximate surface area is 202 Å². The zero-order chi connectivity index (χ0) is 23.8. The van der Waals surface area contributed by atoms with Crippen molar-refractivity contribution in [1.29, 1.82) is 0 Å². The molecule has 1 aliphatic carbocycles. The third-order valence-corrected chi connectivity index (χ3v) is 6.69. The predicted molar refractivity (Wildman–Crippen MR) is 144 cm³/mol. The van der Waals surface area contributed by atoms with E-state index in [1.165, 1.54) is 23.4 Å². The number of nitrogens with zero attached hydrogens (tertiary/aromatic N) is 5. The lowest BCUT2D eigenvalue weighted by atomic mass is 10.1. The van der Waals surface area contributed by atoms with Crippen LogP contribution in [0.15, 0.2) is 51.0 Å². The van der Waals surface area contributed by atoms with Gasteiger partial charge in [0, 0.05) is 36.1 Å². The van der Waals surface area contributed by atoms with Gasteiger partial charge in [-0.1, -0.05) is 26.8 Å². The Morgan fingerprint density at radius 1 is 1.24 bits per heavy atom. The molecule has 2 heterocycles. The van der Waals surface area contributed by atoms with Crippen LogP contribution in [0.4, 0.5) is 11.5 Å². The first-order valence-electron chi connectivity index (χ1n) is 11.8. The lowest BCUT2D eigenvalue weighted by molar-refractivity contribution is 0.755. The van der Waals surface area contributed by atoms with Crippen LogP contribution in [0.25, 0.3) is 10.7 Å². The number of nitrogens with one attached hydrogen (secondary N) is 1. The van der Waals surface area contributed by atoms with Gasteiger partial charge in [0.05, 0.1) is 23.4 Å². The molecule has 2 aromatic rings. The van der Waals surface area contributed by atoms with Gasteiger partial charge in [0.25, 0.3) is 0 Å². The van der Waals surface area contributed by atoms with Crippen molar-refractivity contribution in [3.63, 3.8) is 0 Å². The van der Waals surface area contributed by atoms with Crippen molar-refractivity contribution < 1.29 is 0 Å². The number of allylic oxidation sites excluding steroid dienone is 3. The van der Waals surface area contributed by atoms with E-state index in [4.69, 9.17) is 9.97 Å². The number of aryl methyl sites for hydroxylation is 1. The lowest BCUT2D eigenvalue weighted by Gasteiger charge is -2.25. The molecule has 176 valence electrons. The highest BCUT2D eigenvalue weighted by Crippen LogP contribution is 2.33. The van der Waals surface area contributed by atoms with E-state index in [1.54, 1.807) is 17.7 Å². The minimum Gasteiger partial charge on any atom is -0.345 e. The van der Waals surface area contributed by atoms with E-state index in [2.05, 4.69) is 59.0 Å². The molecule has 0 aromatic carbocycles. The molecule has 0 saturated heterocycles. The standard InChI is InChI=1S/C26H36N6S/c1-7-9-15-32(19(5)20-11-10-12-22(20)27-6)25-16-33-26(31-25)24-14-13-23(21(8-2)30-24)29-17-28-18(3)4/h13-14,16-17H,3,7-12,15H2,1-2,4-6H3,(H,28,29)/b20-19+,27-22-. The molecule has 0 aliphatic heterocycles. The van der Waals surface area contributed by atoms with Crippen molar-refractivity contribution in [3.05, 3.63) is 46.8 Å². The molecule has 7 heteroatoms. The summed E-state index contributed by atoms with van der Waals surface area (Å²) in [5, 5.41) is 6.32. The highest BCUT2D eigenvalue weighted by atomic mass is 32.1. The number of unbranched alkanes of at least 4 members (excludes halogenated alkanes) is 1. The Hall–Kier alpha value is -2.80. The number of rotatable bonds is 10. The van der Waals surface area contributed by atoms with Crippen LogP contribution < -0.4 is 10.2 Å². The van der Waals surface area contributed by atoms with Gasteiger partial charge >= 0.3 is 0 Å². The number of aliphatic imine (C=N–C) groups is 2. The van der Waals surface area contributed by atoms with Gasteiger partial charge < -0.3 is 10.2 Å². The monoisotopic (exact) mass is 464 g/mol. The third kappa shape index (κ3) is 6.16. The van der Waals surface area contributed by atoms with E-state index in [0.717, 1.165) is 72.2 Å². The zero-order valence-electron chi connectivity index (χ0n) is 20.6. The van der Waals surface area contributed by atoms with Gasteiger partial charge in [0.2, 0.25) is 0 Å². The van der Waals surface area contributed by atoms with E-state index >= 15 is 0 Å². The van der Waals surface area contributed by atoms with Gasteiger partial charge in [0.15, 0.2) is 0 Å². The number of aromatic nitrogens is 2. The summed E-state index contributed by atoms with van der Waals surface area (Å²) in [6.45, 7) is 13.2. The van der Waals surface area contributed by atoms with Crippen LogP contribution in [0.1, 0.15) is 65.5 Å². The smallest absolute Gasteiger partial charge is 0.144 e. The van der Waals surface area contributed by atoms with Crippen LogP contribution in [0.2, 0.25) is 0 Å². The number of thiazole rings is 1. The van der Waals surface area contributed by atoms with Gasteiger partial charge in [-0.25, -0.2) is 15.0 Å². The molecule has 33 heavy (non-hydrogen) atoms. The number of pyridine rings is 1. The molecule has 0 atom stereocenters. The van der Waals surface area contributed by atoms with E-state index in [-0.39, 0.29) is 0 Å². The second-order valence-electron chi connectivity index (χ2n) is 8.29. The largest absolute Gasteiger partial charge is 0.345 e. The van der Waals surface area contributed by atoms with Crippen molar-refractivity contribution in [3.8, 4) is 10.7 Å². The molecule has 0 amide bonds. The van der Waals surface area contributed by atoms with Crippen LogP contribution in [0.3, 0.4) is 0 Å². The fourth-order valence-corrected chi connectivity index (χ4v) is 4.82. The topological polar surface area (TPSA) is 65.8 Å². The van der Waals surface area contributed by atoms with E-state index in [0.29, 0.717) is 0 Å². The minimum atomic E-state index is 0.758. The maximum Gasteiger partial charge on any atom is 0.144 e. The van der Waals surface area contributed by atoms with Gasteiger partial charge in [-0.05, 0) is 63.7 Å². The van der Waals surface area contributed by atoms with Gasteiger partial charge in [0.1, 0.15) is 10.8 Å². The fraction of sp³-hybridized carbons (Fsp3) is 0.462. The third-order valence-electron chi connectivity index (χ3n) is 5.84. The Balaban J connectivity index is 1.90. The van der Waals surface area contributed by atoms with Gasteiger partial charge in [-0.2, -0.15) is 0 Å². The van der Waals surface area contributed by atoms with Crippen molar-refractivity contribution in [2.45, 2.75) is 66.2 Å². The first-order chi connectivity index (χ1) is 16.0. The summed E-state index contributed by atoms with van der Waals surface area (Å²) in [6.07, 6.45) is 8.12. The molecule has 0 radical (unpaired) electrons. The number of anilines is 2. The van der Waals surface area contributed by atoms with E-state index in [1.807, 2.05) is 20.0 Å². The Kier molecular flexibility index (Phi) is 8.95. The fourth-order valence-electron chi connectivity index (χ4n) is 4.04. The molecule has 2 aromatic heterocycles. The van der Waals surface area contributed by atoms with Crippen LogP contribution in [-0.2, 0) is 6.42 Å². The molecule has 1 aliphatic rings. The maximum atomic E-state index is 5.02. The normalized spacial score (nSPS) is 16.6.